The first-order chi connectivity index (χ1) is 21.5. The lowest BCUT2D eigenvalue weighted by atomic mass is 10.0. The van der Waals surface area contributed by atoms with Gasteiger partial charge in [-0.3, -0.25) is 9.59 Å². The van der Waals surface area contributed by atoms with Gasteiger partial charge in [-0.25, -0.2) is 0 Å². The zero-order chi connectivity index (χ0) is 30.7. The minimum absolute atomic E-state index is 0.158. The molecule has 0 bridgehead atoms. The quantitative estimate of drug-likeness (QED) is 0.253. The lowest BCUT2D eigenvalue weighted by Crippen LogP contribution is -2.16. The summed E-state index contributed by atoms with van der Waals surface area (Å²) in [4.78, 5) is 26.0. The van der Waals surface area contributed by atoms with E-state index in [1.165, 1.54) is 0 Å². The number of benzene rings is 4. The summed E-state index contributed by atoms with van der Waals surface area (Å²) in [5.41, 5.74) is 14.6. The highest BCUT2D eigenvalue weighted by Gasteiger charge is 2.16. The molecule has 228 valence electrons. The molecule has 0 unspecified atom stereocenters. The van der Waals surface area contributed by atoms with Crippen molar-refractivity contribution in [2.45, 2.75) is 0 Å². The molecule has 0 amide bonds. The number of carbonyl (C=O) groups excluding carboxylic acids is 2. The van der Waals surface area contributed by atoms with Gasteiger partial charge in [0.05, 0.1) is 26.4 Å². The van der Waals surface area contributed by atoms with Crippen molar-refractivity contribution >= 4 is 22.9 Å². The molecule has 0 radical (unpaired) electrons. The highest BCUT2D eigenvalue weighted by molar-refractivity contribution is 6.10. The number of nitrogens with two attached hydrogens (primary N) is 2. The maximum Gasteiger partial charge on any atom is 0.193 e. The normalized spacial score (nSPS) is 14.5. The van der Waals surface area contributed by atoms with E-state index >= 15 is 0 Å². The van der Waals surface area contributed by atoms with Crippen molar-refractivity contribution in [2.75, 3.05) is 64.3 Å². The Morgan fingerprint density at radius 2 is 0.727 bits per heavy atom. The Morgan fingerprint density at radius 1 is 0.409 bits per heavy atom. The largest absolute Gasteiger partial charge is 0.487 e. The molecule has 0 saturated carbocycles. The lowest BCUT2D eigenvalue weighted by Gasteiger charge is -2.16. The van der Waals surface area contributed by atoms with Gasteiger partial charge in [0.1, 0.15) is 26.4 Å². The van der Waals surface area contributed by atoms with Crippen molar-refractivity contribution in [1.82, 2.24) is 0 Å². The van der Waals surface area contributed by atoms with Gasteiger partial charge in [-0.1, -0.05) is 0 Å². The van der Waals surface area contributed by atoms with Crippen LogP contribution >= 0.6 is 0 Å². The van der Waals surface area contributed by atoms with Crippen LogP contribution in [0.1, 0.15) is 31.8 Å². The maximum atomic E-state index is 13.0. The van der Waals surface area contributed by atoms with Crippen LogP contribution in [0.5, 0.6) is 23.0 Å². The van der Waals surface area contributed by atoms with Crippen molar-refractivity contribution in [3.63, 3.8) is 0 Å². The number of hydrogen-bond acceptors (Lipinski definition) is 10. The molecule has 10 nitrogen and oxygen atoms in total. The zero-order valence-electron chi connectivity index (χ0n) is 24.2. The molecule has 4 aromatic rings. The van der Waals surface area contributed by atoms with E-state index in [0.29, 0.717) is 56.6 Å². The van der Waals surface area contributed by atoms with E-state index in [9.17, 15) is 9.59 Å². The molecule has 5 rings (SSSR count). The average molecular weight is 599 g/mol. The van der Waals surface area contributed by atoms with Crippen molar-refractivity contribution in [2.24, 2.45) is 0 Å². The molecular weight excluding hydrogens is 564 g/mol. The molecule has 1 aliphatic heterocycles. The van der Waals surface area contributed by atoms with E-state index in [1.54, 1.807) is 84.9 Å². The van der Waals surface area contributed by atoms with Crippen LogP contribution in [0.25, 0.3) is 0 Å². The highest BCUT2D eigenvalue weighted by atomic mass is 16.6. The Balaban J connectivity index is 1.23. The van der Waals surface area contributed by atoms with Crippen LogP contribution in [-0.2, 0) is 9.47 Å². The average Bonchev–Trinajstić information content (AvgIpc) is 3.04. The van der Waals surface area contributed by atoms with Gasteiger partial charge in [-0.05, 0) is 84.9 Å². The minimum Gasteiger partial charge on any atom is -0.487 e. The number of ketones is 2. The Kier molecular flexibility index (Phi) is 10.3. The van der Waals surface area contributed by atoms with Gasteiger partial charge in [0, 0.05) is 33.6 Å². The van der Waals surface area contributed by atoms with Crippen LogP contribution in [0.15, 0.2) is 84.9 Å². The fourth-order valence-electron chi connectivity index (χ4n) is 4.41. The first kappa shape index (κ1) is 30.4. The van der Waals surface area contributed by atoms with Gasteiger partial charge >= 0.3 is 0 Å². The summed E-state index contributed by atoms with van der Waals surface area (Å²) < 4.78 is 35.1. The molecule has 0 saturated heterocycles. The third-order valence-corrected chi connectivity index (χ3v) is 6.70. The topological polar surface area (TPSA) is 142 Å². The summed E-state index contributed by atoms with van der Waals surface area (Å²) >= 11 is 0. The molecule has 4 aromatic carbocycles. The number of carbonyl (C=O) groups is 2. The van der Waals surface area contributed by atoms with Crippen molar-refractivity contribution < 1.29 is 38.0 Å². The van der Waals surface area contributed by atoms with E-state index < -0.39 is 0 Å². The minimum atomic E-state index is -0.158. The Morgan fingerprint density at radius 3 is 1.09 bits per heavy atom. The molecule has 44 heavy (non-hydrogen) atoms. The van der Waals surface area contributed by atoms with Gasteiger partial charge in [0.25, 0.3) is 0 Å². The fourth-order valence-corrected chi connectivity index (χ4v) is 4.41. The number of fused-ring (bicyclic) bond motifs is 2. The summed E-state index contributed by atoms with van der Waals surface area (Å²) in [7, 11) is 0. The lowest BCUT2D eigenvalue weighted by molar-refractivity contribution is 0.0639. The van der Waals surface area contributed by atoms with Gasteiger partial charge in [0.2, 0.25) is 0 Å². The van der Waals surface area contributed by atoms with Gasteiger partial charge in [-0.2, -0.15) is 0 Å². The van der Waals surface area contributed by atoms with Crippen LogP contribution in [0.3, 0.4) is 0 Å². The summed E-state index contributed by atoms with van der Waals surface area (Å²) in [6, 6.07) is 23.6. The SMILES string of the molecule is Nc1ccc(C(=O)c2ccc3c(c2)OCCOCCOc2ccc(C(=O)c4ccc(N)cc4)cc2OCCOCCO3)cc1. The molecule has 10 heteroatoms. The molecule has 1 heterocycles. The monoisotopic (exact) mass is 598 g/mol. The predicted octanol–water partition coefficient (Wildman–Crippen LogP) is 4.58. The summed E-state index contributed by atoms with van der Waals surface area (Å²) in [5, 5.41) is 0. The van der Waals surface area contributed by atoms with Crippen LogP contribution in [-0.4, -0.2) is 64.4 Å². The molecule has 0 atom stereocenters. The Hall–Kier alpha value is -5.06. The van der Waals surface area contributed by atoms with Crippen LogP contribution in [0.2, 0.25) is 0 Å². The molecule has 0 aromatic heterocycles. The molecule has 1 aliphatic rings. The predicted molar refractivity (Wildman–Crippen MR) is 165 cm³/mol. The number of ether oxygens (including phenoxy) is 6. The van der Waals surface area contributed by atoms with E-state index in [1.807, 2.05) is 0 Å². The van der Waals surface area contributed by atoms with Crippen LogP contribution < -0.4 is 30.4 Å². The van der Waals surface area contributed by atoms with Crippen molar-refractivity contribution in [3.05, 3.63) is 107 Å². The standard InChI is InChI=1S/C34H34N2O8/c35-27-7-1-23(2-8-27)33(37)25-5-11-29-31(21-25)43-19-15-39-14-18-42-30-12-6-26(34(38)24-3-9-28(36)10-4-24)22-32(30)44-20-16-40-13-17-41-29/h1-12,21-22H,13-20,35-36H2. The fraction of sp³-hybridized carbons (Fsp3) is 0.235. The highest BCUT2D eigenvalue weighted by Crippen LogP contribution is 2.31. The van der Waals surface area contributed by atoms with Crippen molar-refractivity contribution in [1.29, 1.82) is 0 Å². The van der Waals surface area contributed by atoms with E-state index in [2.05, 4.69) is 0 Å². The first-order valence-electron chi connectivity index (χ1n) is 14.2. The molecule has 0 aliphatic carbocycles. The Labute approximate surface area is 255 Å². The van der Waals surface area contributed by atoms with E-state index in [-0.39, 0.29) is 64.4 Å². The molecule has 4 N–H and O–H groups in total. The Bertz CT molecular complexity index is 1450. The second-order valence-corrected chi connectivity index (χ2v) is 9.84. The van der Waals surface area contributed by atoms with Crippen LogP contribution in [0, 0.1) is 0 Å². The molecular formula is C34H34N2O8. The zero-order valence-corrected chi connectivity index (χ0v) is 24.2. The first-order valence-corrected chi connectivity index (χ1v) is 14.2. The number of rotatable bonds is 4. The third-order valence-electron chi connectivity index (χ3n) is 6.70. The maximum absolute atomic E-state index is 13.0. The summed E-state index contributed by atoms with van der Waals surface area (Å²) in [6.07, 6.45) is 0. The number of anilines is 2. The molecule has 0 spiro atoms. The third kappa shape index (κ3) is 8.06. The summed E-state index contributed by atoms with van der Waals surface area (Å²) in [6.45, 7) is 2.08. The van der Waals surface area contributed by atoms with Crippen LogP contribution in [0.4, 0.5) is 11.4 Å². The smallest absolute Gasteiger partial charge is 0.193 e. The number of hydrogen-bond donors (Lipinski definition) is 2. The van der Waals surface area contributed by atoms with E-state index in [4.69, 9.17) is 39.9 Å². The molecule has 0 fully saturated rings. The second kappa shape index (κ2) is 14.9. The second-order valence-electron chi connectivity index (χ2n) is 9.84. The van der Waals surface area contributed by atoms with Crippen molar-refractivity contribution in [3.8, 4) is 23.0 Å². The van der Waals surface area contributed by atoms with Gasteiger partial charge in [-0.15, -0.1) is 0 Å². The van der Waals surface area contributed by atoms with Gasteiger partial charge in [0.15, 0.2) is 34.6 Å². The van der Waals surface area contributed by atoms with Gasteiger partial charge < -0.3 is 39.9 Å². The van der Waals surface area contributed by atoms with E-state index in [0.717, 1.165) is 0 Å². The summed E-state index contributed by atoms with van der Waals surface area (Å²) in [5.74, 6) is 1.50. The number of nitrogen functional groups attached to an aromatic ring is 2.